The number of hydrogen-bond acceptors (Lipinski definition) is 2. The van der Waals surface area contributed by atoms with E-state index in [1.165, 1.54) is 30.6 Å². The Hall–Kier alpha value is -2.90. The maximum Gasteiger partial charge on any atom is 0.399 e. The number of nitrogens with one attached hydrogen (secondary N) is 1. The fraction of sp³-hybridized carbons (Fsp3) is 0.208. The minimum absolute atomic E-state index is 0.0550. The third-order valence-corrected chi connectivity index (χ3v) is 4.98. The Bertz CT molecular complexity index is 1090. The van der Waals surface area contributed by atoms with Crippen molar-refractivity contribution >= 4 is 48.2 Å². The van der Waals surface area contributed by atoms with E-state index in [0.717, 1.165) is 11.6 Å². The van der Waals surface area contributed by atoms with Gasteiger partial charge in [-0.1, -0.05) is 47.5 Å². The Labute approximate surface area is 200 Å². The van der Waals surface area contributed by atoms with Crippen molar-refractivity contribution in [1.29, 1.82) is 0 Å². The predicted octanol–water partition coefficient (Wildman–Crippen LogP) is 7.02. The predicted molar refractivity (Wildman–Crippen MR) is 130 cm³/mol. The van der Waals surface area contributed by atoms with Crippen molar-refractivity contribution < 1.29 is 18.0 Å². The third kappa shape index (κ3) is 8.18. The molecule has 4 nitrogen and oxygen atoms in total. The van der Waals surface area contributed by atoms with Crippen LogP contribution in [0.15, 0.2) is 64.2 Å². The highest BCUT2D eigenvalue weighted by Gasteiger charge is 2.39. The average Bonchev–Trinajstić information content (AvgIpc) is 2.71. The Balaban J connectivity index is 2.19. The second kappa shape index (κ2) is 11.8. The number of alkyl halides is 3. The largest absolute Gasteiger partial charge is 0.399 e. The van der Waals surface area contributed by atoms with Crippen LogP contribution in [0.4, 0.5) is 13.2 Å². The number of hydrogen-bond donors (Lipinski definition) is 1. The first-order valence-electron chi connectivity index (χ1n) is 9.74. The third-order valence-electron chi connectivity index (χ3n) is 4.54. The van der Waals surface area contributed by atoms with Crippen LogP contribution in [0.2, 0.25) is 10.0 Å². The topological polar surface area (TPSA) is 53.8 Å². The molecule has 0 aliphatic carbocycles. The molecule has 0 aromatic heterocycles. The number of carbonyl (C=O) groups excluding carboxylic acids is 1. The van der Waals surface area contributed by atoms with Crippen molar-refractivity contribution in [2.24, 2.45) is 9.98 Å². The van der Waals surface area contributed by atoms with E-state index in [9.17, 15) is 18.0 Å². The molecular formula is C24H22Cl2F3N3O. The molecule has 0 bridgehead atoms. The molecule has 9 heteroatoms. The molecule has 174 valence electrons. The zero-order valence-corrected chi connectivity index (χ0v) is 19.5. The summed E-state index contributed by atoms with van der Waals surface area (Å²) in [5, 5.41) is 3.02. The van der Waals surface area contributed by atoms with Gasteiger partial charge in [0.2, 0.25) is 0 Å². The van der Waals surface area contributed by atoms with Gasteiger partial charge in [-0.2, -0.15) is 13.2 Å². The number of carbonyl (C=O) groups is 1. The summed E-state index contributed by atoms with van der Waals surface area (Å²) in [6.45, 7) is 7.07. The average molecular weight is 496 g/mol. The van der Waals surface area contributed by atoms with Gasteiger partial charge < -0.3 is 5.32 Å². The Kier molecular flexibility index (Phi) is 9.44. The van der Waals surface area contributed by atoms with Crippen LogP contribution in [-0.2, 0) is 0 Å². The van der Waals surface area contributed by atoms with Gasteiger partial charge in [0, 0.05) is 28.4 Å². The zero-order chi connectivity index (χ0) is 24.6. The van der Waals surface area contributed by atoms with Gasteiger partial charge in [0.05, 0.1) is 5.92 Å². The van der Waals surface area contributed by atoms with E-state index in [-0.39, 0.29) is 28.1 Å². The highest BCUT2D eigenvalue weighted by molar-refractivity contribution is 6.34. The first-order chi connectivity index (χ1) is 15.5. The lowest BCUT2D eigenvalue weighted by Gasteiger charge is -2.18. The summed E-state index contributed by atoms with van der Waals surface area (Å²) in [5.74, 6) is -2.19. The second-order valence-corrected chi connectivity index (χ2v) is 8.13. The number of rotatable bonds is 8. The molecule has 2 aromatic rings. The van der Waals surface area contributed by atoms with E-state index in [1.54, 1.807) is 38.2 Å². The molecule has 2 rings (SSSR count). The summed E-state index contributed by atoms with van der Waals surface area (Å²) >= 11 is 11.8. The van der Waals surface area contributed by atoms with Crippen LogP contribution in [0.25, 0.3) is 6.08 Å². The van der Waals surface area contributed by atoms with E-state index in [1.807, 2.05) is 0 Å². The van der Waals surface area contributed by atoms with Crippen molar-refractivity contribution in [3.63, 3.8) is 0 Å². The van der Waals surface area contributed by atoms with Crippen LogP contribution in [0, 0.1) is 6.92 Å². The lowest BCUT2D eigenvalue weighted by molar-refractivity contribution is -0.139. The molecule has 1 unspecified atom stereocenters. The van der Waals surface area contributed by atoms with Gasteiger partial charge in [0.1, 0.15) is 6.34 Å². The van der Waals surface area contributed by atoms with Gasteiger partial charge in [0.15, 0.2) is 0 Å². The fourth-order valence-corrected chi connectivity index (χ4v) is 3.53. The number of aryl methyl sites for hydroxylation is 1. The molecule has 33 heavy (non-hydrogen) atoms. The first kappa shape index (κ1) is 26.4. The van der Waals surface area contributed by atoms with E-state index >= 15 is 0 Å². The molecule has 0 aliphatic heterocycles. The van der Waals surface area contributed by atoms with Gasteiger partial charge in [-0.05, 0) is 67.1 Å². The van der Waals surface area contributed by atoms with E-state index in [4.69, 9.17) is 23.2 Å². The van der Waals surface area contributed by atoms with Gasteiger partial charge in [-0.3, -0.25) is 9.79 Å². The van der Waals surface area contributed by atoms with Crippen LogP contribution in [0.3, 0.4) is 0 Å². The molecule has 0 heterocycles. The minimum atomic E-state index is -4.53. The smallest absolute Gasteiger partial charge is 0.348 e. The molecule has 0 fully saturated rings. The van der Waals surface area contributed by atoms with Gasteiger partial charge in [-0.15, -0.1) is 0 Å². The van der Waals surface area contributed by atoms with Crippen LogP contribution in [-0.4, -0.2) is 31.7 Å². The molecule has 0 saturated heterocycles. The summed E-state index contributed by atoms with van der Waals surface area (Å²) in [4.78, 5) is 19.8. The standard InChI is InChI=1S/C24H22Cl2F3N3O/c1-15(12-31-14-30-3)13-32-23(33)21-6-4-17(8-16(21)2)5-7-22(24(27,28)29)18-9-19(25)11-20(26)10-18/h4-12,14,22H,3,13H2,1-2H3,(H,32,33)/b7-5+,15-12+,31-14-. The molecule has 1 atom stereocenters. The van der Waals surface area contributed by atoms with E-state index in [0.29, 0.717) is 16.7 Å². The van der Waals surface area contributed by atoms with Crippen molar-refractivity contribution in [1.82, 2.24) is 5.32 Å². The Morgan fingerprint density at radius 1 is 1.18 bits per heavy atom. The number of amides is 1. The number of halogens is 5. The Morgan fingerprint density at radius 3 is 2.42 bits per heavy atom. The fourth-order valence-electron chi connectivity index (χ4n) is 2.98. The number of benzene rings is 2. The summed E-state index contributed by atoms with van der Waals surface area (Å²) in [6, 6.07) is 8.66. The molecule has 0 aliphatic rings. The van der Waals surface area contributed by atoms with Gasteiger partial charge >= 0.3 is 6.18 Å². The maximum absolute atomic E-state index is 13.7. The van der Waals surface area contributed by atoms with Crippen LogP contribution >= 0.6 is 23.2 Å². The zero-order valence-electron chi connectivity index (χ0n) is 18.0. The van der Waals surface area contributed by atoms with Crippen molar-refractivity contribution in [2.45, 2.75) is 25.9 Å². The Morgan fingerprint density at radius 2 is 1.85 bits per heavy atom. The van der Waals surface area contributed by atoms with E-state index in [2.05, 4.69) is 22.0 Å². The molecular weight excluding hydrogens is 474 g/mol. The van der Waals surface area contributed by atoms with Crippen LogP contribution in [0.5, 0.6) is 0 Å². The van der Waals surface area contributed by atoms with Crippen LogP contribution in [0.1, 0.15) is 39.9 Å². The molecule has 1 N–H and O–H groups in total. The number of nitrogens with zero attached hydrogens (tertiary/aromatic N) is 2. The molecule has 2 aromatic carbocycles. The highest BCUT2D eigenvalue weighted by Crippen LogP contribution is 2.38. The van der Waals surface area contributed by atoms with Gasteiger partial charge in [-0.25, -0.2) is 4.99 Å². The van der Waals surface area contributed by atoms with Crippen molar-refractivity contribution in [3.05, 3.63) is 86.5 Å². The minimum Gasteiger partial charge on any atom is -0.348 e. The van der Waals surface area contributed by atoms with Crippen LogP contribution < -0.4 is 5.32 Å². The highest BCUT2D eigenvalue weighted by atomic mass is 35.5. The molecule has 0 spiro atoms. The van der Waals surface area contributed by atoms with E-state index < -0.39 is 12.1 Å². The monoisotopic (exact) mass is 495 g/mol. The summed E-state index contributed by atoms with van der Waals surface area (Å²) < 4.78 is 41.0. The normalized spacial score (nSPS) is 13.5. The molecule has 0 saturated carbocycles. The lowest BCUT2D eigenvalue weighted by Crippen LogP contribution is -2.25. The second-order valence-electron chi connectivity index (χ2n) is 7.26. The summed E-state index contributed by atoms with van der Waals surface area (Å²) in [7, 11) is 0. The molecule has 0 radical (unpaired) electrons. The molecule has 1 amide bonds. The number of allylic oxidation sites excluding steroid dienone is 1. The van der Waals surface area contributed by atoms with Crippen molar-refractivity contribution in [3.8, 4) is 0 Å². The summed E-state index contributed by atoms with van der Waals surface area (Å²) in [6.07, 6.45) is 0.714. The van der Waals surface area contributed by atoms with Gasteiger partial charge in [0.25, 0.3) is 5.91 Å². The maximum atomic E-state index is 13.7. The van der Waals surface area contributed by atoms with Crippen molar-refractivity contribution in [2.75, 3.05) is 6.54 Å². The quantitative estimate of drug-likeness (QED) is 0.310. The number of aliphatic imine (C=N–C) groups is 2. The first-order valence-corrected chi connectivity index (χ1v) is 10.5. The lowest BCUT2D eigenvalue weighted by atomic mass is 9.96. The SMILES string of the molecule is C=N/C=N\C=C(/C)CNC(=O)c1ccc(/C=C/C(c2cc(Cl)cc(Cl)c2)C(F)(F)F)cc1C. The summed E-state index contributed by atoms with van der Waals surface area (Å²) in [5.41, 5.74) is 2.32.